The molecule has 7 heteroatoms. The van der Waals surface area contributed by atoms with Crippen LogP contribution >= 0.6 is 0 Å². The van der Waals surface area contributed by atoms with Crippen LogP contribution in [0.2, 0.25) is 0 Å². The largest absolute Gasteiger partial charge is 0.482 e. The van der Waals surface area contributed by atoms with Crippen LogP contribution in [0, 0.1) is 17.3 Å². The predicted molar refractivity (Wildman–Crippen MR) is 124 cm³/mol. The summed E-state index contributed by atoms with van der Waals surface area (Å²) in [6.45, 7) is 8.33. The van der Waals surface area contributed by atoms with Crippen LogP contribution < -0.4 is 10.6 Å². The molecule has 6 rings (SSSR count). The van der Waals surface area contributed by atoms with Crippen LogP contribution in [0.3, 0.4) is 0 Å². The van der Waals surface area contributed by atoms with Crippen molar-refractivity contribution in [3.8, 4) is 0 Å². The molecule has 2 N–H and O–H groups in total. The topological polar surface area (TPSA) is 68.8 Å². The van der Waals surface area contributed by atoms with Gasteiger partial charge >= 0.3 is 13.2 Å². The average Bonchev–Trinajstić information content (AvgIpc) is 3.16. The van der Waals surface area contributed by atoms with E-state index in [-0.39, 0.29) is 29.1 Å². The lowest BCUT2D eigenvalue weighted by Gasteiger charge is -2.64. The third-order valence-corrected chi connectivity index (χ3v) is 8.73. The minimum atomic E-state index is -0.472. The molecule has 2 bridgehead atoms. The first-order valence-electron chi connectivity index (χ1n) is 12.4. The molecule has 6 nitrogen and oxygen atoms in total. The molecule has 0 spiro atoms. The van der Waals surface area contributed by atoms with Gasteiger partial charge in [0.25, 0.3) is 0 Å². The second kappa shape index (κ2) is 8.66. The smallest absolute Gasteiger partial charge is 0.448 e. The molecule has 1 aromatic carbocycles. The maximum absolute atomic E-state index is 12.7. The van der Waals surface area contributed by atoms with E-state index in [1.165, 1.54) is 19.3 Å². The van der Waals surface area contributed by atoms with Crippen molar-refractivity contribution in [3.63, 3.8) is 0 Å². The van der Waals surface area contributed by atoms with E-state index in [9.17, 15) is 4.79 Å². The van der Waals surface area contributed by atoms with Crippen molar-refractivity contribution in [1.82, 2.24) is 10.6 Å². The maximum Gasteiger partial charge on any atom is 0.482 e. The van der Waals surface area contributed by atoms with Gasteiger partial charge in [-0.1, -0.05) is 50.6 Å². The summed E-state index contributed by atoms with van der Waals surface area (Å²) >= 11 is 0. The number of piperidine rings is 1. The molecule has 2 heterocycles. The highest BCUT2D eigenvalue weighted by atomic mass is 16.7. The minimum absolute atomic E-state index is 0.0896. The summed E-state index contributed by atoms with van der Waals surface area (Å²) in [7, 11) is -0.472. The van der Waals surface area contributed by atoms with E-state index in [2.05, 4.69) is 43.5 Å². The van der Waals surface area contributed by atoms with Crippen molar-refractivity contribution < 1.29 is 18.8 Å². The van der Waals surface area contributed by atoms with Gasteiger partial charge in [-0.2, -0.15) is 0 Å². The summed E-state index contributed by atoms with van der Waals surface area (Å²) < 4.78 is 18.7. The fourth-order valence-electron chi connectivity index (χ4n) is 6.59. The second-order valence-electron chi connectivity index (χ2n) is 11.0. The average molecular weight is 440 g/mol. The Hall–Kier alpha value is -1.57. The van der Waals surface area contributed by atoms with Crippen LogP contribution in [0.4, 0.5) is 4.79 Å². The molecule has 5 aliphatic rings. The molecule has 1 amide bonds. The number of rotatable bonds is 6. The molecule has 3 saturated carbocycles. The first-order chi connectivity index (χ1) is 15.4. The zero-order valence-corrected chi connectivity index (χ0v) is 19.6. The molecule has 2 aliphatic heterocycles. The number of hydrogen-bond donors (Lipinski definition) is 2. The zero-order valence-electron chi connectivity index (χ0n) is 19.6. The van der Waals surface area contributed by atoms with E-state index in [4.69, 9.17) is 14.0 Å². The lowest BCUT2D eigenvalue weighted by Crippen LogP contribution is -2.65. The van der Waals surface area contributed by atoms with Gasteiger partial charge in [-0.15, -0.1) is 0 Å². The number of nitrogens with one attached hydrogen (secondary N) is 2. The Labute approximate surface area is 192 Å². The number of carbonyl (C=O) groups excluding carboxylic acids is 1. The zero-order chi connectivity index (χ0) is 22.3. The summed E-state index contributed by atoms with van der Waals surface area (Å²) in [6, 6.07) is 10.5. The van der Waals surface area contributed by atoms with Gasteiger partial charge in [-0.3, -0.25) is 0 Å². The van der Waals surface area contributed by atoms with Gasteiger partial charge in [0, 0.05) is 6.04 Å². The molecule has 3 aliphatic carbocycles. The van der Waals surface area contributed by atoms with E-state index in [1.54, 1.807) is 0 Å². The van der Waals surface area contributed by atoms with Crippen molar-refractivity contribution in [1.29, 1.82) is 0 Å². The van der Waals surface area contributed by atoms with Crippen molar-refractivity contribution in [2.45, 2.75) is 83.0 Å². The van der Waals surface area contributed by atoms with Crippen molar-refractivity contribution in [3.05, 3.63) is 35.9 Å². The number of ether oxygens (including phenoxy) is 1. The lowest BCUT2D eigenvalue weighted by molar-refractivity contribution is -0.199. The van der Waals surface area contributed by atoms with Gasteiger partial charge in [0.15, 0.2) is 0 Å². The highest BCUT2D eigenvalue weighted by Crippen LogP contribution is 2.65. The quantitative estimate of drug-likeness (QED) is 0.660. The number of hydrogen-bond acceptors (Lipinski definition) is 5. The first kappa shape index (κ1) is 22.2. The van der Waals surface area contributed by atoms with E-state index in [0.717, 1.165) is 24.9 Å². The summed E-state index contributed by atoms with van der Waals surface area (Å²) in [5.74, 6) is 0.888. The summed E-state index contributed by atoms with van der Waals surface area (Å²) in [6.07, 6.45) is 6.01. The van der Waals surface area contributed by atoms with Gasteiger partial charge in [-0.05, 0) is 68.4 Å². The Bertz CT molecular complexity index is 815. The maximum atomic E-state index is 12.7. The molecule has 1 aromatic rings. The van der Waals surface area contributed by atoms with Crippen LogP contribution in [-0.2, 0) is 20.5 Å². The predicted octanol–water partition coefficient (Wildman–Crippen LogP) is 3.73. The molecule has 6 atom stereocenters. The number of benzene rings is 1. The number of carbonyl (C=O) groups is 1. The lowest BCUT2D eigenvalue weighted by atomic mass is 9.43. The Morgan fingerprint density at radius 2 is 2.06 bits per heavy atom. The normalized spacial score (nSPS) is 36.0. The first-order valence-corrected chi connectivity index (χ1v) is 12.4. The second-order valence-corrected chi connectivity index (χ2v) is 11.0. The van der Waals surface area contributed by atoms with Gasteiger partial charge < -0.3 is 24.7 Å². The van der Waals surface area contributed by atoms with E-state index in [0.29, 0.717) is 24.9 Å². The van der Waals surface area contributed by atoms with E-state index < -0.39 is 13.2 Å². The molecular weight excluding hydrogens is 403 g/mol. The summed E-state index contributed by atoms with van der Waals surface area (Å²) in [5, 5.41) is 6.51. The van der Waals surface area contributed by atoms with Gasteiger partial charge in [0.1, 0.15) is 6.61 Å². The highest BCUT2D eigenvalue weighted by molar-refractivity contribution is 6.47. The summed E-state index contributed by atoms with van der Waals surface area (Å²) in [4.78, 5) is 12.7. The van der Waals surface area contributed by atoms with Crippen molar-refractivity contribution in [2.75, 3.05) is 13.2 Å². The Balaban J connectivity index is 1.27. The van der Waals surface area contributed by atoms with Gasteiger partial charge in [-0.25, -0.2) is 4.79 Å². The molecule has 0 unspecified atom stereocenters. The Morgan fingerprint density at radius 3 is 2.78 bits per heavy atom. The molecule has 174 valence electrons. The van der Waals surface area contributed by atoms with Gasteiger partial charge in [0.05, 0.1) is 17.6 Å². The molecule has 5 fully saturated rings. The van der Waals surface area contributed by atoms with Crippen LogP contribution in [0.25, 0.3) is 0 Å². The third-order valence-electron chi connectivity index (χ3n) is 8.73. The highest BCUT2D eigenvalue weighted by Gasteiger charge is 2.68. The van der Waals surface area contributed by atoms with Crippen LogP contribution in [0.15, 0.2) is 30.3 Å². The third kappa shape index (κ3) is 4.08. The van der Waals surface area contributed by atoms with Crippen molar-refractivity contribution in [2.24, 2.45) is 17.3 Å². The monoisotopic (exact) mass is 440 g/mol. The Kier molecular flexibility index (Phi) is 6.02. The van der Waals surface area contributed by atoms with Crippen LogP contribution in [-0.4, -0.2) is 50.1 Å². The van der Waals surface area contributed by atoms with Gasteiger partial charge in [0.2, 0.25) is 0 Å². The van der Waals surface area contributed by atoms with E-state index in [1.807, 2.05) is 18.2 Å². The SMILES string of the molecule is CC1(C)[C@@H]2C[C@H]3OB([C@H](Cc4ccccc4)NC(=O)OC[C@H]4CCCCN4)O[C@@]3(C)[C@H]1C2. The van der Waals surface area contributed by atoms with E-state index >= 15 is 0 Å². The fourth-order valence-corrected chi connectivity index (χ4v) is 6.59. The molecule has 32 heavy (non-hydrogen) atoms. The van der Waals surface area contributed by atoms with Crippen LogP contribution in [0.1, 0.15) is 58.4 Å². The summed E-state index contributed by atoms with van der Waals surface area (Å²) in [5.41, 5.74) is 1.14. The Morgan fingerprint density at radius 1 is 1.25 bits per heavy atom. The van der Waals surface area contributed by atoms with Crippen LogP contribution in [0.5, 0.6) is 0 Å². The molecule has 2 saturated heterocycles. The fraction of sp³-hybridized carbons (Fsp3) is 0.720. The molecular formula is C25H37BN2O4. The number of alkyl carbamates (subject to hydrolysis) is 1. The number of amides is 1. The standard InChI is InChI=1S/C25H37BN2O4/c1-24(2)18-14-20(24)25(3)21(15-18)31-26(32-25)22(13-17-9-5-4-6-10-17)28-23(29)30-16-19-11-7-8-12-27-19/h4-6,9-10,18-22,27H,7-8,11-16H2,1-3H3,(H,28,29)/t18-,19+,20-,21+,22-,25-/m0/s1. The molecule has 0 radical (unpaired) electrons. The molecule has 0 aromatic heterocycles. The minimum Gasteiger partial charge on any atom is -0.448 e. The van der Waals surface area contributed by atoms with Crippen molar-refractivity contribution >= 4 is 13.2 Å².